The van der Waals surface area contributed by atoms with Gasteiger partial charge in [-0.15, -0.1) is 0 Å². The fourth-order valence-electron chi connectivity index (χ4n) is 3.76. The van der Waals surface area contributed by atoms with Gasteiger partial charge in [-0.05, 0) is 30.5 Å². The van der Waals surface area contributed by atoms with Crippen LogP contribution in [0, 0.1) is 0 Å². The molecule has 0 saturated carbocycles. The van der Waals surface area contributed by atoms with Crippen LogP contribution >= 0.6 is 0 Å². The highest BCUT2D eigenvalue weighted by atomic mass is 16.5. The van der Waals surface area contributed by atoms with Crippen LogP contribution in [-0.2, 0) is 4.74 Å². The minimum absolute atomic E-state index is 0.440. The fourth-order valence-corrected chi connectivity index (χ4v) is 3.76. The van der Waals surface area contributed by atoms with Crippen molar-refractivity contribution >= 4 is 23.6 Å². The molecule has 0 spiro atoms. The summed E-state index contributed by atoms with van der Waals surface area (Å²) >= 11 is 0. The van der Waals surface area contributed by atoms with E-state index in [-0.39, 0.29) is 0 Å². The van der Waals surface area contributed by atoms with Crippen molar-refractivity contribution < 1.29 is 14.3 Å². The number of rotatable bonds is 13. The lowest BCUT2D eigenvalue weighted by molar-refractivity contribution is 0.0320. The number of anilines is 2. The van der Waals surface area contributed by atoms with Crippen LogP contribution in [0.15, 0.2) is 41.5 Å². The van der Waals surface area contributed by atoms with Crippen molar-refractivity contribution in [3.63, 3.8) is 0 Å². The number of amides is 1. The molecule has 0 bridgehead atoms. The zero-order valence-corrected chi connectivity index (χ0v) is 20.2. The molecule has 0 unspecified atom stereocenters. The Labute approximate surface area is 201 Å². The van der Waals surface area contributed by atoms with Crippen LogP contribution in [0.1, 0.15) is 42.6 Å². The Morgan fingerprint density at radius 2 is 2.00 bits per heavy atom. The minimum atomic E-state index is -0.469. The molecule has 0 aliphatic carbocycles. The van der Waals surface area contributed by atoms with Gasteiger partial charge in [0.1, 0.15) is 6.61 Å². The molecule has 1 aromatic heterocycles. The average Bonchev–Trinajstić information content (AvgIpc) is 2.85. The molecule has 2 heterocycles. The van der Waals surface area contributed by atoms with Gasteiger partial charge in [-0.2, -0.15) is 10.1 Å². The van der Waals surface area contributed by atoms with Gasteiger partial charge in [0.15, 0.2) is 5.82 Å². The summed E-state index contributed by atoms with van der Waals surface area (Å²) in [5.74, 6) is 0.693. The van der Waals surface area contributed by atoms with Gasteiger partial charge in [0, 0.05) is 56.1 Å². The monoisotopic (exact) mass is 468 g/mol. The number of ether oxygens (including phenoxy) is 2. The summed E-state index contributed by atoms with van der Waals surface area (Å²) < 4.78 is 11.5. The topological polar surface area (TPSA) is 105 Å². The summed E-state index contributed by atoms with van der Waals surface area (Å²) in [5, 5.41) is 4.31. The van der Waals surface area contributed by atoms with Gasteiger partial charge in [0.25, 0.3) is 0 Å². The summed E-state index contributed by atoms with van der Waals surface area (Å²) in [4.78, 5) is 20.7. The Morgan fingerprint density at radius 1 is 1.24 bits per heavy atom. The predicted molar refractivity (Wildman–Crippen MR) is 136 cm³/mol. The van der Waals surface area contributed by atoms with Gasteiger partial charge in [-0.25, -0.2) is 0 Å². The summed E-state index contributed by atoms with van der Waals surface area (Å²) in [7, 11) is 0. The zero-order valence-electron chi connectivity index (χ0n) is 20.2. The van der Waals surface area contributed by atoms with Crippen LogP contribution in [0.4, 0.5) is 11.5 Å². The van der Waals surface area contributed by atoms with Crippen molar-refractivity contribution in [3.8, 4) is 5.88 Å². The maximum atomic E-state index is 11.4. The minimum Gasteiger partial charge on any atom is -0.476 e. The van der Waals surface area contributed by atoms with Crippen LogP contribution < -0.4 is 20.8 Å². The van der Waals surface area contributed by atoms with E-state index in [2.05, 4.69) is 39.2 Å². The van der Waals surface area contributed by atoms with E-state index in [1.54, 1.807) is 24.4 Å². The van der Waals surface area contributed by atoms with Crippen molar-refractivity contribution in [3.05, 3.63) is 47.5 Å². The zero-order chi connectivity index (χ0) is 24.2. The maximum absolute atomic E-state index is 11.4. The molecule has 1 aromatic carbocycles. The number of benzene rings is 1. The van der Waals surface area contributed by atoms with Crippen LogP contribution in [0.5, 0.6) is 5.88 Å². The van der Waals surface area contributed by atoms with E-state index in [1.807, 2.05) is 18.2 Å². The van der Waals surface area contributed by atoms with Crippen molar-refractivity contribution in [1.29, 1.82) is 0 Å². The Balaban J connectivity index is 1.72. The summed E-state index contributed by atoms with van der Waals surface area (Å²) in [6, 6.07) is 11.0. The molecule has 9 nitrogen and oxygen atoms in total. The number of primary amides is 1. The Kier molecular flexibility index (Phi) is 10.1. The first-order chi connectivity index (χ1) is 16.6. The van der Waals surface area contributed by atoms with E-state index in [1.165, 1.54) is 0 Å². The Hall–Kier alpha value is -3.17. The number of hydrogen-bond acceptors (Lipinski definition) is 8. The first-order valence-corrected chi connectivity index (χ1v) is 12.0. The lowest BCUT2D eigenvalue weighted by Gasteiger charge is -2.26. The second-order valence-corrected chi connectivity index (χ2v) is 8.20. The molecular formula is C25H36N6O3. The van der Waals surface area contributed by atoms with E-state index in [9.17, 15) is 4.79 Å². The van der Waals surface area contributed by atoms with Gasteiger partial charge in [-0.3, -0.25) is 15.1 Å². The number of nitrogens with two attached hydrogens (primary N) is 1. The van der Waals surface area contributed by atoms with Crippen LogP contribution in [0.25, 0.3) is 0 Å². The largest absolute Gasteiger partial charge is 0.476 e. The smallest absolute Gasteiger partial charge is 0.248 e. The highest BCUT2D eigenvalue weighted by molar-refractivity contribution is 5.94. The number of hydrazone groups is 1. The molecule has 3 rings (SSSR count). The Bertz CT molecular complexity index is 940. The molecule has 2 aromatic rings. The lowest BCUT2D eigenvalue weighted by atomic mass is 10.1. The number of aromatic nitrogens is 1. The number of carbonyl (C=O) groups excluding carboxylic acids is 1. The van der Waals surface area contributed by atoms with E-state index >= 15 is 0 Å². The molecule has 1 amide bonds. The molecule has 1 aliphatic heterocycles. The van der Waals surface area contributed by atoms with E-state index < -0.39 is 5.91 Å². The number of nitrogens with one attached hydrogen (secondary N) is 1. The SMILES string of the molecule is CCCN(CCC)c1cc(N/N=C/c2cccc(C(N)=O)c2)nc(OCCN2CCOCC2)c1. The number of carbonyl (C=O) groups is 1. The summed E-state index contributed by atoms with van der Waals surface area (Å²) in [5.41, 5.74) is 10.6. The van der Waals surface area contributed by atoms with Gasteiger partial charge in [-0.1, -0.05) is 26.0 Å². The predicted octanol–water partition coefficient (Wildman–Crippen LogP) is 2.96. The first-order valence-electron chi connectivity index (χ1n) is 12.0. The second kappa shape index (κ2) is 13.5. The summed E-state index contributed by atoms with van der Waals surface area (Å²) in [6.07, 6.45) is 3.73. The Morgan fingerprint density at radius 3 is 2.71 bits per heavy atom. The molecule has 9 heteroatoms. The molecule has 1 saturated heterocycles. The third-order valence-electron chi connectivity index (χ3n) is 5.46. The van der Waals surface area contributed by atoms with Crippen molar-refractivity contribution in [1.82, 2.24) is 9.88 Å². The quantitative estimate of drug-likeness (QED) is 0.344. The number of nitrogens with zero attached hydrogens (tertiary/aromatic N) is 4. The molecule has 184 valence electrons. The van der Waals surface area contributed by atoms with E-state index in [4.69, 9.17) is 15.2 Å². The number of hydrogen-bond donors (Lipinski definition) is 2. The molecule has 34 heavy (non-hydrogen) atoms. The molecule has 3 N–H and O–H groups in total. The summed E-state index contributed by atoms with van der Waals surface area (Å²) in [6.45, 7) is 11.0. The molecule has 1 aliphatic rings. The van der Waals surface area contributed by atoms with Gasteiger partial charge < -0.3 is 20.1 Å². The van der Waals surface area contributed by atoms with Crippen LogP contribution in [0.3, 0.4) is 0 Å². The highest BCUT2D eigenvalue weighted by Crippen LogP contribution is 2.24. The first kappa shape index (κ1) is 25.5. The van der Waals surface area contributed by atoms with Crippen LogP contribution in [-0.4, -0.2) is 74.6 Å². The number of morpholine rings is 1. The second-order valence-electron chi connectivity index (χ2n) is 8.20. The van der Waals surface area contributed by atoms with Crippen molar-refractivity contribution in [2.75, 3.05) is 62.9 Å². The van der Waals surface area contributed by atoms with Gasteiger partial charge >= 0.3 is 0 Å². The van der Waals surface area contributed by atoms with Crippen molar-refractivity contribution in [2.24, 2.45) is 10.8 Å². The lowest BCUT2D eigenvalue weighted by Crippen LogP contribution is -2.38. The molecular weight excluding hydrogens is 432 g/mol. The van der Waals surface area contributed by atoms with Crippen LogP contribution in [0.2, 0.25) is 0 Å². The highest BCUT2D eigenvalue weighted by Gasteiger charge is 2.12. The van der Waals surface area contributed by atoms with Gasteiger partial charge in [0.05, 0.1) is 19.4 Å². The third-order valence-corrected chi connectivity index (χ3v) is 5.46. The fraction of sp³-hybridized carbons (Fsp3) is 0.480. The van der Waals surface area contributed by atoms with Crippen molar-refractivity contribution in [2.45, 2.75) is 26.7 Å². The van der Waals surface area contributed by atoms with E-state index in [0.29, 0.717) is 23.9 Å². The maximum Gasteiger partial charge on any atom is 0.248 e. The molecule has 0 radical (unpaired) electrons. The normalized spacial score (nSPS) is 14.3. The average molecular weight is 469 g/mol. The number of pyridine rings is 1. The van der Waals surface area contributed by atoms with Gasteiger partial charge in [0.2, 0.25) is 11.8 Å². The third kappa shape index (κ3) is 8.00. The standard InChI is InChI=1S/C25H36N6O3/c1-3-8-31(9-4-2)22-17-23(29-27-19-20-6-5-7-21(16-20)25(26)32)28-24(18-22)34-15-12-30-10-13-33-14-11-30/h5-7,16-19H,3-4,8-15H2,1-2H3,(H2,26,32)(H,28,29)/b27-19+. The van der Waals surface area contributed by atoms with E-state index in [0.717, 1.165) is 70.0 Å². The molecule has 1 fully saturated rings. The molecule has 0 atom stereocenters.